The number of likely N-dealkylation sites (tertiary alicyclic amines) is 2. The molecule has 0 bridgehead atoms. The van der Waals surface area contributed by atoms with Gasteiger partial charge in [0.2, 0.25) is 0 Å². The molecule has 2 N–H and O–H groups in total. The fraction of sp³-hybridized carbons (Fsp3) is 0.684. The molecule has 2 saturated heterocycles. The summed E-state index contributed by atoms with van der Waals surface area (Å²) in [6, 6.07) is 8.37. The number of hydrogen-bond acceptors (Lipinski definition) is 3. The number of piperidine rings is 1. The monoisotopic (exact) mass is 373 g/mol. The van der Waals surface area contributed by atoms with E-state index in [0.717, 1.165) is 18.2 Å². The summed E-state index contributed by atoms with van der Waals surface area (Å²) < 4.78 is 0. The highest BCUT2D eigenvalue weighted by Crippen LogP contribution is 2.21. The summed E-state index contributed by atoms with van der Waals surface area (Å²) >= 11 is 0. The molecular formula is C19H33Cl2N3. The van der Waals surface area contributed by atoms with Crippen LogP contribution in [0, 0.1) is 5.92 Å². The fourth-order valence-corrected chi connectivity index (χ4v) is 4.08. The van der Waals surface area contributed by atoms with Crippen molar-refractivity contribution in [2.45, 2.75) is 45.1 Å². The van der Waals surface area contributed by atoms with Gasteiger partial charge < -0.3 is 10.6 Å². The fourth-order valence-electron chi connectivity index (χ4n) is 4.08. The third kappa shape index (κ3) is 6.79. The van der Waals surface area contributed by atoms with Crippen molar-refractivity contribution in [3.05, 3.63) is 29.8 Å². The molecule has 0 aliphatic carbocycles. The molecule has 3 rings (SSSR count). The Kier molecular flexibility index (Phi) is 10.1. The second-order valence-electron chi connectivity index (χ2n) is 7.20. The van der Waals surface area contributed by atoms with Crippen molar-refractivity contribution >= 4 is 30.5 Å². The first-order valence-electron chi connectivity index (χ1n) is 9.09. The molecule has 2 fully saturated rings. The molecule has 2 aliphatic heterocycles. The van der Waals surface area contributed by atoms with E-state index >= 15 is 0 Å². The normalized spacial score (nSPS) is 22.9. The smallest absolute Gasteiger partial charge is 0.0317 e. The molecular weight excluding hydrogens is 341 g/mol. The summed E-state index contributed by atoms with van der Waals surface area (Å²) in [5.74, 6) is 0.855. The topological polar surface area (TPSA) is 32.5 Å². The second-order valence-corrected chi connectivity index (χ2v) is 7.20. The standard InChI is InChI=1S/C19H31N3.2ClH/c20-19-9-5-7-17(13-19)14-22-12-6-8-18(16-22)15-21-10-3-1-2-4-11-21;;/h5,7,9,13,18H,1-4,6,8,10-12,14-16,20H2;2*1H. The van der Waals surface area contributed by atoms with Crippen LogP contribution in [0.25, 0.3) is 0 Å². The Hall–Kier alpha value is -0.480. The molecule has 1 unspecified atom stereocenters. The molecule has 3 nitrogen and oxygen atoms in total. The minimum atomic E-state index is 0. The maximum atomic E-state index is 5.90. The quantitative estimate of drug-likeness (QED) is 0.802. The number of rotatable bonds is 4. The van der Waals surface area contributed by atoms with Crippen molar-refractivity contribution in [3.8, 4) is 0 Å². The first-order chi connectivity index (χ1) is 10.8. The Morgan fingerprint density at radius 2 is 1.62 bits per heavy atom. The van der Waals surface area contributed by atoms with Gasteiger partial charge in [0.05, 0.1) is 0 Å². The van der Waals surface area contributed by atoms with Crippen molar-refractivity contribution < 1.29 is 0 Å². The van der Waals surface area contributed by atoms with Gasteiger partial charge in [0, 0.05) is 25.3 Å². The largest absolute Gasteiger partial charge is 0.399 e. The van der Waals surface area contributed by atoms with E-state index in [4.69, 9.17) is 5.73 Å². The van der Waals surface area contributed by atoms with E-state index < -0.39 is 0 Å². The number of anilines is 1. The Balaban J connectivity index is 0.00000144. The Morgan fingerprint density at radius 3 is 2.33 bits per heavy atom. The summed E-state index contributed by atoms with van der Waals surface area (Å²) in [6.07, 6.45) is 8.43. The lowest BCUT2D eigenvalue weighted by Crippen LogP contribution is -2.41. The van der Waals surface area contributed by atoms with E-state index in [0.29, 0.717) is 0 Å². The second kappa shape index (κ2) is 11.2. The van der Waals surface area contributed by atoms with E-state index in [-0.39, 0.29) is 24.8 Å². The van der Waals surface area contributed by atoms with Gasteiger partial charge in [-0.2, -0.15) is 0 Å². The van der Waals surface area contributed by atoms with Crippen LogP contribution in [-0.4, -0.2) is 42.5 Å². The number of hydrogen-bond donors (Lipinski definition) is 1. The molecule has 1 atom stereocenters. The first kappa shape index (κ1) is 21.6. The highest BCUT2D eigenvalue weighted by atomic mass is 35.5. The molecule has 1 aromatic carbocycles. The Bertz CT molecular complexity index is 462. The van der Waals surface area contributed by atoms with Gasteiger partial charge in [-0.05, 0) is 68.9 Å². The summed E-state index contributed by atoms with van der Waals surface area (Å²) in [4.78, 5) is 5.35. The van der Waals surface area contributed by atoms with Crippen molar-refractivity contribution in [2.75, 3.05) is 38.5 Å². The van der Waals surface area contributed by atoms with Gasteiger partial charge in [0.1, 0.15) is 0 Å². The Morgan fingerprint density at radius 1 is 0.917 bits per heavy atom. The van der Waals surface area contributed by atoms with E-state index in [9.17, 15) is 0 Å². The minimum Gasteiger partial charge on any atom is -0.399 e. The number of nitrogens with zero attached hydrogens (tertiary/aromatic N) is 2. The van der Waals surface area contributed by atoms with Crippen LogP contribution in [0.3, 0.4) is 0 Å². The van der Waals surface area contributed by atoms with Crippen LogP contribution >= 0.6 is 24.8 Å². The van der Waals surface area contributed by atoms with E-state index in [1.807, 2.05) is 6.07 Å². The number of benzene rings is 1. The van der Waals surface area contributed by atoms with Crippen LogP contribution in [0.5, 0.6) is 0 Å². The molecule has 0 saturated carbocycles. The molecule has 0 radical (unpaired) electrons. The zero-order valence-corrected chi connectivity index (χ0v) is 16.3. The average molecular weight is 374 g/mol. The van der Waals surface area contributed by atoms with Crippen LogP contribution in [0.1, 0.15) is 44.1 Å². The van der Waals surface area contributed by atoms with Crippen molar-refractivity contribution in [1.82, 2.24) is 9.80 Å². The number of nitrogens with two attached hydrogens (primary N) is 1. The van der Waals surface area contributed by atoms with Crippen LogP contribution in [-0.2, 0) is 6.54 Å². The molecule has 5 heteroatoms. The van der Waals surface area contributed by atoms with Gasteiger partial charge >= 0.3 is 0 Å². The maximum absolute atomic E-state index is 5.90. The average Bonchev–Trinajstić information content (AvgIpc) is 2.76. The third-order valence-electron chi connectivity index (χ3n) is 5.18. The van der Waals surface area contributed by atoms with Gasteiger partial charge in [0.15, 0.2) is 0 Å². The molecule has 24 heavy (non-hydrogen) atoms. The predicted octanol–water partition coefficient (Wildman–Crippen LogP) is 4.20. The van der Waals surface area contributed by atoms with Gasteiger partial charge in [-0.1, -0.05) is 25.0 Å². The number of halogens is 2. The molecule has 0 aromatic heterocycles. The van der Waals surface area contributed by atoms with Crippen LogP contribution < -0.4 is 5.73 Å². The van der Waals surface area contributed by atoms with Crippen LogP contribution in [0.4, 0.5) is 5.69 Å². The van der Waals surface area contributed by atoms with Crippen LogP contribution in [0.15, 0.2) is 24.3 Å². The van der Waals surface area contributed by atoms with Gasteiger partial charge in [0.25, 0.3) is 0 Å². The third-order valence-corrected chi connectivity index (χ3v) is 5.18. The number of nitrogen functional groups attached to an aromatic ring is 1. The van der Waals surface area contributed by atoms with Crippen molar-refractivity contribution in [3.63, 3.8) is 0 Å². The zero-order valence-electron chi connectivity index (χ0n) is 14.7. The molecule has 1 aromatic rings. The summed E-state index contributed by atoms with van der Waals surface area (Å²) in [5, 5.41) is 0. The zero-order chi connectivity index (χ0) is 15.2. The van der Waals surface area contributed by atoms with E-state index in [1.165, 1.54) is 76.8 Å². The molecule has 2 aliphatic rings. The predicted molar refractivity (Wildman–Crippen MR) is 108 cm³/mol. The minimum absolute atomic E-state index is 0. The lowest BCUT2D eigenvalue weighted by atomic mass is 9.96. The van der Waals surface area contributed by atoms with Gasteiger partial charge in [-0.15, -0.1) is 24.8 Å². The van der Waals surface area contributed by atoms with Crippen LogP contribution in [0.2, 0.25) is 0 Å². The maximum Gasteiger partial charge on any atom is 0.0317 e. The highest BCUT2D eigenvalue weighted by molar-refractivity contribution is 5.85. The molecule has 0 spiro atoms. The lowest BCUT2D eigenvalue weighted by molar-refractivity contribution is 0.129. The van der Waals surface area contributed by atoms with Gasteiger partial charge in [-0.3, -0.25) is 4.90 Å². The molecule has 2 heterocycles. The Labute approximate surface area is 159 Å². The SMILES string of the molecule is Cl.Cl.Nc1cccc(CN2CCCC(CN3CCCCCC3)C2)c1. The van der Waals surface area contributed by atoms with E-state index in [2.05, 4.69) is 28.0 Å². The van der Waals surface area contributed by atoms with Crippen molar-refractivity contribution in [1.29, 1.82) is 0 Å². The highest BCUT2D eigenvalue weighted by Gasteiger charge is 2.22. The van der Waals surface area contributed by atoms with Gasteiger partial charge in [-0.25, -0.2) is 0 Å². The first-order valence-corrected chi connectivity index (χ1v) is 9.09. The summed E-state index contributed by atoms with van der Waals surface area (Å²) in [5.41, 5.74) is 8.15. The van der Waals surface area contributed by atoms with E-state index in [1.54, 1.807) is 0 Å². The lowest BCUT2D eigenvalue weighted by Gasteiger charge is -2.35. The van der Waals surface area contributed by atoms with Crippen molar-refractivity contribution in [2.24, 2.45) is 5.92 Å². The summed E-state index contributed by atoms with van der Waals surface area (Å²) in [7, 11) is 0. The molecule has 0 amide bonds. The summed E-state index contributed by atoms with van der Waals surface area (Å²) in [6.45, 7) is 7.52. The molecule has 138 valence electrons.